The van der Waals surface area contributed by atoms with Crippen LogP contribution in [0.1, 0.15) is 174 Å². The fourth-order valence-electron chi connectivity index (χ4n) is 5.21. The van der Waals surface area contributed by atoms with Crippen LogP contribution in [-0.4, -0.2) is 16.6 Å². The second kappa shape index (κ2) is 19.4. The van der Waals surface area contributed by atoms with E-state index in [1.165, 1.54) is 126 Å². The van der Waals surface area contributed by atoms with Crippen molar-refractivity contribution in [1.29, 1.82) is 0 Å². The van der Waals surface area contributed by atoms with Gasteiger partial charge in [-0.1, -0.05) is 157 Å². The first-order valence-corrected chi connectivity index (χ1v) is 17.2. The van der Waals surface area contributed by atoms with E-state index in [0.29, 0.717) is 5.75 Å². The number of hydrogen-bond acceptors (Lipinski definition) is 2. The third kappa shape index (κ3) is 16.2. The molecule has 0 saturated heterocycles. The summed E-state index contributed by atoms with van der Waals surface area (Å²) in [5.41, 5.74) is 3.49. The monoisotopic (exact) mass is 532 g/mol. The van der Waals surface area contributed by atoms with E-state index >= 15 is 0 Å². The van der Waals surface area contributed by atoms with E-state index in [2.05, 4.69) is 72.4 Å². The predicted molar refractivity (Wildman–Crippen MR) is 171 cm³/mol. The maximum atomic E-state index is 10.9. The summed E-state index contributed by atoms with van der Waals surface area (Å²) in [6, 6.07) is 4.51. The van der Waals surface area contributed by atoms with Crippen LogP contribution >= 0.6 is 11.8 Å². The topological polar surface area (TPSA) is 20.2 Å². The van der Waals surface area contributed by atoms with Crippen LogP contribution in [0, 0.1) is 0 Å². The Bertz CT molecular complexity index is 659. The van der Waals surface area contributed by atoms with E-state index in [9.17, 15) is 5.11 Å². The Balaban J connectivity index is 2.05. The van der Waals surface area contributed by atoms with Gasteiger partial charge in [0.15, 0.2) is 0 Å². The molecule has 0 aliphatic rings. The molecule has 0 fully saturated rings. The Morgan fingerprint density at radius 2 is 0.892 bits per heavy atom. The van der Waals surface area contributed by atoms with Gasteiger partial charge < -0.3 is 5.11 Å². The summed E-state index contributed by atoms with van der Waals surface area (Å²) in [6.45, 7) is 15.5. The minimum atomic E-state index is -0.0396. The first-order valence-electron chi connectivity index (χ1n) is 16.0. The fraction of sp³-hybridized carbons (Fsp3) is 0.829. The van der Waals surface area contributed by atoms with Gasteiger partial charge in [-0.05, 0) is 58.3 Å². The van der Waals surface area contributed by atoms with Crippen LogP contribution in [0.3, 0.4) is 0 Å². The lowest BCUT2D eigenvalue weighted by molar-refractivity contribution is 0.422. The SMILES string of the molecule is CCCCCCCCCCCCCCCCCCSCCCc1cc(C(C)(C)C)c(O)c(C(C)(C)C)c1. The van der Waals surface area contributed by atoms with Crippen LogP contribution in [0.15, 0.2) is 12.1 Å². The van der Waals surface area contributed by atoms with Crippen LogP contribution in [0.2, 0.25) is 0 Å². The van der Waals surface area contributed by atoms with Crippen molar-refractivity contribution >= 4 is 11.8 Å². The smallest absolute Gasteiger partial charge is 0.123 e. The molecular weight excluding hydrogens is 468 g/mol. The molecule has 0 saturated carbocycles. The lowest BCUT2D eigenvalue weighted by Gasteiger charge is -2.28. The minimum absolute atomic E-state index is 0.0396. The van der Waals surface area contributed by atoms with Gasteiger partial charge in [-0.25, -0.2) is 0 Å². The van der Waals surface area contributed by atoms with Crippen LogP contribution in [0.25, 0.3) is 0 Å². The van der Waals surface area contributed by atoms with Crippen molar-refractivity contribution in [1.82, 2.24) is 0 Å². The highest BCUT2D eigenvalue weighted by atomic mass is 32.2. The molecule has 37 heavy (non-hydrogen) atoms. The predicted octanol–water partition coefficient (Wildman–Crippen LogP) is 11.9. The molecular formula is C35H64OS. The third-order valence-electron chi connectivity index (χ3n) is 7.68. The molecule has 1 rings (SSSR count). The number of hydrogen-bond donors (Lipinski definition) is 1. The lowest BCUT2D eigenvalue weighted by atomic mass is 9.78. The number of phenols is 1. The molecule has 2 heteroatoms. The van der Waals surface area contributed by atoms with E-state index in [-0.39, 0.29) is 10.8 Å². The Hall–Kier alpha value is -0.630. The van der Waals surface area contributed by atoms with Crippen molar-refractivity contribution in [3.63, 3.8) is 0 Å². The summed E-state index contributed by atoms with van der Waals surface area (Å²) in [7, 11) is 0. The summed E-state index contributed by atoms with van der Waals surface area (Å²) < 4.78 is 0. The van der Waals surface area contributed by atoms with Gasteiger partial charge in [0.2, 0.25) is 0 Å². The van der Waals surface area contributed by atoms with Crippen LogP contribution < -0.4 is 0 Å². The molecule has 1 nitrogen and oxygen atoms in total. The molecule has 0 spiro atoms. The van der Waals surface area contributed by atoms with Crippen LogP contribution in [0.5, 0.6) is 5.75 Å². The van der Waals surface area contributed by atoms with Crippen molar-refractivity contribution < 1.29 is 5.11 Å². The number of rotatable bonds is 21. The average molecular weight is 533 g/mol. The maximum Gasteiger partial charge on any atom is 0.123 e. The van der Waals surface area contributed by atoms with E-state index in [0.717, 1.165) is 17.5 Å². The van der Waals surface area contributed by atoms with Crippen LogP contribution in [0.4, 0.5) is 0 Å². The molecule has 0 amide bonds. The number of unbranched alkanes of at least 4 members (excludes halogenated alkanes) is 15. The van der Waals surface area contributed by atoms with Gasteiger partial charge >= 0.3 is 0 Å². The zero-order valence-electron chi connectivity index (χ0n) is 26.2. The van der Waals surface area contributed by atoms with Gasteiger partial charge in [0.05, 0.1) is 0 Å². The zero-order chi connectivity index (χ0) is 27.6. The molecule has 0 atom stereocenters. The number of phenolic OH excluding ortho intramolecular Hbond substituents is 1. The summed E-state index contributed by atoms with van der Waals surface area (Å²) in [4.78, 5) is 0. The van der Waals surface area contributed by atoms with E-state index < -0.39 is 0 Å². The normalized spacial score (nSPS) is 12.4. The fourth-order valence-corrected chi connectivity index (χ4v) is 6.18. The number of thioether (sulfide) groups is 1. The Labute approximate surface area is 237 Å². The molecule has 1 N–H and O–H groups in total. The number of aromatic hydroxyl groups is 1. The average Bonchev–Trinajstić information content (AvgIpc) is 2.82. The molecule has 0 aromatic heterocycles. The van der Waals surface area contributed by atoms with Gasteiger partial charge in [-0.15, -0.1) is 0 Å². The zero-order valence-corrected chi connectivity index (χ0v) is 27.0. The molecule has 0 aliphatic heterocycles. The van der Waals surface area contributed by atoms with Gasteiger partial charge in [-0.3, -0.25) is 0 Å². The van der Waals surface area contributed by atoms with Crippen molar-refractivity contribution in [2.75, 3.05) is 11.5 Å². The molecule has 0 radical (unpaired) electrons. The quantitative estimate of drug-likeness (QED) is 0.159. The molecule has 0 bridgehead atoms. The number of aryl methyl sites for hydroxylation is 1. The molecule has 1 aromatic rings. The summed E-state index contributed by atoms with van der Waals surface area (Å²) in [5, 5.41) is 10.9. The van der Waals surface area contributed by atoms with Crippen molar-refractivity contribution in [2.24, 2.45) is 0 Å². The summed E-state index contributed by atoms with van der Waals surface area (Å²) in [6.07, 6.45) is 25.4. The second-order valence-corrected chi connectivity index (χ2v) is 14.8. The Morgan fingerprint density at radius 1 is 0.541 bits per heavy atom. The lowest BCUT2D eigenvalue weighted by Crippen LogP contribution is -2.18. The van der Waals surface area contributed by atoms with Crippen LogP contribution in [-0.2, 0) is 17.3 Å². The Morgan fingerprint density at radius 3 is 1.27 bits per heavy atom. The summed E-state index contributed by atoms with van der Waals surface area (Å²) in [5.74, 6) is 3.06. The highest BCUT2D eigenvalue weighted by Gasteiger charge is 2.26. The molecule has 0 heterocycles. The second-order valence-electron chi connectivity index (χ2n) is 13.6. The van der Waals surface area contributed by atoms with E-state index in [1.54, 1.807) is 0 Å². The first-order chi connectivity index (χ1) is 17.6. The van der Waals surface area contributed by atoms with E-state index in [4.69, 9.17) is 0 Å². The molecule has 1 aromatic carbocycles. The highest BCUT2D eigenvalue weighted by Crippen LogP contribution is 2.40. The molecule has 0 aliphatic carbocycles. The molecule has 0 unspecified atom stereocenters. The number of benzene rings is 1. The summed E-state index contributed by atoms with van der Waals surface area (Å²) >= 11 is 2.13. The Kier molecular flexibility index (Phi) is 18.1. The van der Waals surface area contributed by atoms with E-state index in [1.807, 2.05) is 0 Å². The van der Waals surface area contributed by atoms with Gasteiger partial charge in [0.25, 0.3) is 0 Å². The maximum absolute atomic E-state index is 10.9. The van der Waals surface area contributed by atoms with Crippen molar-refractivity contribution in [3.8, 4) is 5.75 Å². The highest BCUT2D eigenvalue weighted by molar-refractivity contribution is 7.99. The standard InChI is InChI=1S/C35H64OS/c1-8-9-10-11-12-13-14-15-16-17-18-19-20-21-22-23-26-37-27-24-25-30-28-31(34(2,3)4)33(36)32(29-30)35(5,6)7/h28-29,36H,8-27H2,1-7H3. The van der Waals surface area contributed by atoms with Gasteiger partial charge in [-0.2, -0.15) is 11.8 Å². The van der Waals surface area contributed by atoms with Crippen molar-refractivity contribution in [3.05, 3.63) is 28.8 Å². The molecule has 216 valence electrons. The first kappa shape index (κ1) is 34.4. The van der Waals surface area contributed by atoms with Gasteiger partial charge in [0.1, 0.15) is 5.75 Å². The minimum Gasteiger partial charge on any atom is -0.507 e. The van der Waals surface area contributed by atoms with Crippen molar-refractivity contribution in [2.45, 2.75) is 175 Å². The largest absolute Gasteiger partial charge is 0.507 e. The van der Waals surface area contributed by atoms with Gasteiger partial charge in [0, 0.05) is 0 Å². The third-order valence-corrected chi connectivity index (χ3v) is 8.84.